The van der Waals surface area contributed by atoms with E-state index in [0.29, 0.717) is 16.2 Å². The number of fused-ring (bicyclic) bond motifs is 1. The lowest BCUT2D eigenvalue weighted by Crippen LogP contribution is -2.26. The van der Waals surface area contributed by atoms with Crippen molar-refractivity contribution in [1.29, 1.82) is 0 Å². The van der Waals surface area contributed by atoms with Crippen molar-refractivity contribution >= 4 is 44.4 Å². The van der Waals surface area contributed by atoms with Crippen LogP contribution in [0.2, 0.25) is 0 Å². The monoisotopic (exact) mass is 321 g/mol. The summed E-state index contributed by atoms with van der Waals surface area (Å²) in [5.41, 5.74) is 2.23. The molecule has 0 aliphatic rings. The highest BCUT2D eigenvalue weighted by Crippen LogP contribution is 2.29. The molecule has 0 aliphatic heterocycles. The molecule has 1 aromatic carbocycles. The number of halogens is 3. The van der Waals surface area contributed by atoms with Gasteiger partial charge in [0.05, 0.1) is 10.2 Å². The Morgan fingerprint density at radius 2 is 2.20 bits per heavy atom. The predicted octanol–water partition coefficient (Wildman–Crippen LogP) is 2.86. The van der Waals surface area contributed by atoms with Gasteiger partial charge in [-0.3, -0.25) is 4.79 Å². The van der Waals surface area contributed by atoms with Gasteiger partial charge >= 0.3 is 5.51 Å². The summed E-state index contributed by atoms with van der Waals surface area (Å²) in [4.78, 5) is 15.8. The molecule has 1 amide bonds. The number of amides is 1. The van der Waals surface area contributed by atoms with E-state index < -0.39 is 11.4 Å². The van der Waals surface area contributed by atoms with Crippen LogP contribution >= 0.6 is 23.1 Å². The van der Waals surface area contributed by atoms with Gasteiger partial charge in [0.15, 0.2) is 5.13 Å². The van der Waals surface area contributed by atoms with Crippen LogP contribution in [0.4, 0.5) is 18.3 Å². The molecule has 108 valence electrons. The number of nitrogen functional groups attached to an aromatic ring is 1. The zero-order valence-corrected chi connectivity index (χ0v) is 11.7. The molecule has 0 aliphatic carbocycles. The summed E-state index contributed by atoms with van der Waals surface area (Å²) in [6, 6.07) is 4.86. The largest absolute Gasteiger partial charge is 0.441 e. The molecular weight excluding hydrogens is 311 g/mol. The summed E-state index contributed by atoms with van der Waals surface area (Å²) in [5, 5.41) is 2.83. The summed E-state index contributed by atoms with van der Waals surface area (Å²) in [7, 11) is 0. The third kappa shape index (κ3) is 4.01. The summed E-state index contributed by atoms with van der Waals surface area (Å²) in [5.74, 6) is -0.650. The first-order chi connectivity index (χ1) is 9.35. The molecule has 1 heterocycles. The molecule has 20 heavy (non-hydrogen) atoms. The van der Waals surface area contributed by atoms with Gasteiger partial charge < -0.3 is 11.1 Å². The maximum atomic E-state index is 11.9. The number of thiazole rings is 1. The average molecular weight is 321 g/mol. The fourth-order valence-electron chi connectivity index (χ4n) is 1.52. The SMILES string of the molecule is Nc1nc2cc(C(=O)NCCSC(F)(F)F)ccc2s1. The highest BCUT2D eigenvalue weighted by Gasteiger charge is 2.27. The Labute approximate surface area is 120 Å². The fraction of sp³-hybridized carbons (Fsp3) is 0.273. The molecule has 0 atom stereocenters. The number of rotatable bonds is 4. The first kappa shape index (κ1) is 14.9. The zero-order chi connectivity index (χ0) is 14.8. The van der Waals surface area contributed by atoms with Crippen molar-refractivity contribution in [3.05, 3.63) is 23.8 Å². The number of anilines is 1. The lowest BCUT2D eigenvalue weighted by Gasteiger charge is -2.07. The van der Waals surface area contributed by atoms with Crippen LogP contribution in [-0.2, 0) is 0 Å². The molecule has 4 nitrogen and oxygen atoms in total. The van der Waals surface area contributed by atoms with Crippen molar-refractivity contribution in [2.24, 2.45) is 0 Å². The Morgan fingerprint density at radius 1 is 1.45 bits per heavy atom. The maximum absolute atomic E-state index is 11.9. The van der Waals surface area contributed by atoms with E-state index in [4.69, 9.17) is 5.73 Å². The number of thioether (sulfide) groups is 1. The molecule has 0 bridgehead atoms. The van der Waals surface area contributed by atoms with E-state index in [1.165, 1.54) is 11.3 Å². The van der Waals surface area contributed by atoms with Crippen molar-refractivity contribution in [2.75, 3.05) is 18.0 Å². The molecular formula is C11H10F3N3OS2. The van der Waals surface area contributed by atoms with E-state index in [-0.39, 0.29) is 24.1 Å². The van der Waals surface area contributed by atoms with Gasteiger partial charge in [-0.1, -0.05) is 11.3 Å². The van der Waals surface area contributed by atoms with Crippen LogP contribution in [0.5, 0.6) is 0 Å². The van der Waals surface area contributed by atoms with Crippen molar-refractivity contribution in [3.8, 4) is 0 Å². The highest BCUT2D eigenvalue weighted by molar-refractivity contribution is 8.00. The van der Waals surface area contributed by atoms with Crippen LogP contribution in [0, 0.1) is 0 Å². The number of benzene rings is 1. The molecule has 2 aromatic rings. The molecule has 1 aromatic heterocycles. The number of hydrogen-bond donors (Lipinski definition) is 2. The predicted molar refractivity (Wildman–Crippen MR) is 74.9 cm³/mol. The Bertz CT molecular complexity index is 627. The van der Waals surface area contributed by atoms with Gasteiger partial charge in [-0.15, -0.1) is 0 Å². The Balaban J connectivity index is 1.94. The number of aromatic nitrogens is 1. The number of carbonyl (C=O) groups is 1. The maximum Gasteiger partial charge on any atom is 0.441 e. The Hall–Kier alpha value is -1.48. The molecule has 9 heteroatoms. The minimum absolute atomic E-state index is 0.0553. The molecule has 2 rings (SSSR count). The molecule has 0 spiro atoms. The Morgan fingerprint density at radius 3 is 2.90 bits per heavy atom. The van der Waals surface area contributed by atoms with Crippen molar-refractivity contribution in [2.45, 2.75) is 5.51 Å². The number of alkyl halides is 3. The topological polar surface area (TPSA) is 68.0 Å². The summed E-state index contributed by atoms with van der Waals surface area (Å²) >= 11 is 1.14. The van der Waals surface area contributed by atoms with E-state index in [9.17, 15) is 18.0 Å². The van der Waals surface area contributed by atoms with E-state index in [0.717, 1.165) is 4.70 Å². The third-order valence-electron chi connectivity index (χ3n) is 2.32. The number of nitrogens with one attached hydrogen (secondary N) is 1. The second-order valence-corrected chi connectivity index (χ2v) is 6.01. The number of carbonyl (C=O) groups excluding carboxylic acids is 1. The Kier molecular flexibility index (Phi) is 4.39. The molecule has 0 saturated carbocycles. The third-order valence-corrected chi connectivity index (χ3v) is 3.92. The number of hydrogen-bond acceptors (Lipinski definition) is 5. The lowest BCUT2D eigenvalue weighted by molar-refractivity contribution is -0.0327. The molecule has 0 fully saturated rings. The van der Waals surface area contributed by atoms with Gasteiger partial charge in [-0.25, -0.2) is 4.98 Å². The molecule has 0 radical (unpaired) electrons. The van der Waals surface area contributed by atoms with Gasteiger partial charge in [-0.05, 0) is 30.0 Å². The first-order valence-electron chi connectivity index (χ1n) is 5.50. The second kappa shape index (κ2) is 5.88. The normalized spacial score (nSPS) is 11.8. The van der Waals surface area contributed by atoms with E-state index >= 15 is 0 Å². The van der Waals surface area contributed by atoms with Crippen LogP contribution in [0.3, 0.4) is 0 Å². The summed E-state index contributed by atoms with van der Waals surface area (Å²) < 4.78 is 36.6. The quantitative estimate of drug-likeness (QED) is 0.850. The molecule has 0 saturated heterocycles. The van der Waals surface area contributed by atoms with Crippen molar-refractivity contribution in [1.82, 2.24) is 10.3 Å². The fourth-order valence-corrected chi connectivity index (χ4v) is 2.67. The van der Waals surface area contributed by atoms with Gasteiger partial charge in [0.2, 0.25) is 0 Å². The second-order valence-electron chi connectivity index (χ2n) is 3.78. The lowest BCUT2D eigenvalue weighted by atomic mass is 10.2. The minimum atomic E-state index is -4.28. The summed E-state index contributed by atoms with van der Waals surface area (Å²) in [6.45, 7) is -0.0553. The van der Waals surface area contributed by atoms with Crippen molar-refractivity contribution < 1.29 is 18.0 Å². The van der Waals surface area contributed by atoms with Gasteiger partial charge in [0.25, 0.3) is 5.91 Å². The van der Waals surface area contributed by atoms with Crippen LogP contribution in [0.25, 0.3) is 10.2 Å². The zero-order valence-electron chi connectivity index (χ0n) is 10.0. The van der Waals surface area contributed by atoms with Crippen LogP contribution in [0.15, 0.2) is 18.2 Å². The number of nitrogens with two attached hydrogens (primary N) is 1. The van der Waals surface area contributed by atoms with Gasteiger partial charge in [0, 0.05) is 17.9 Å². The van der Waals surface area contributed by atoms with Crippen molar-refractivity contribution in [3.63, 3.8) is 0 Å². The highest BCUT2D eigenvalue weighted by atomic mass is 32.2. The van der Waals surface area contributed by atoms with Crippen LogP contribution in [0.1, 0.15) is 10.4 Å². The molecule has 3 N–H and O–H groups in total. The van der Waals surface area contributed by atoms with Crippen LogP contribution in [-0.4, -0.2) is 28.7 Å². The van der Waals surface area contributed by atoms with E-state index in [2.05, 4.69) is 10.3 Å². The average Bonchev–Trinajstić information content (AvgIpc) is 2.72. The van der Waals surface area contributed by atoms with Gasteiger partial charge in [0.1, 0.15) is 0 Å². The first-order valence-corrected chi connectivity index (χ1v) is 7.30. The van der Waals surface area contributed by atoms with E-state index in [1.807, 2.05) is 0 Å². The summed E-state index contributed by atoms with van der Waals surface area (Å²) in [6.07, 6.45) is 0. The van der Waals surface area contributed by atoms with Crippen LogP contribution < -0.4 is 11.1 Å². The molecule has 0 unspecified atom stereocenters. The standard InChI is InChI=1S/C11H10F3N3OS2/c12-11(13,14)19-4-3-16-9(18)6-1-2-8-7(5-6)17-10(15)20-8/h1-2,5H,3-4H2,(H2,15,17)(H,16,18). The minimum Gasteiger partial charge on any atom is -0.375 e. The van der Waals surface area contributed by atoms with E-state index in [1.54, 1.807) is 18.2 Å². The number of nitrogens with zero attached hydrogens (tertiary/aromatic N) is 1. The smallest absolute Gasteiger partial charge is 0.375 e. The van der Waals surface area contributed by atoms with Gasteiger partial charge in [-0.2, -0.15) is 13.2 Å².